The summed E-state index contributed by atoms with van der Waals surface area (Å²) in [5.41, 5.74) is 1.40. The third kappa shape index (κ3) is 3.67. The van der Waals surface area contributed by atoms with Crippen molar-refractivity contribution in [3.05, 3.63) is 42.4 Å². The van der Waals surface area contributed by atoms with Gasteiger partial charge in [0.2, 0.25) is 0 Å². The van der Waals surface area contributed by atoms with Crippen molar-refractivity contribution >= 4 is 11.7 Å². The Kier molecular flexibility index (Phi) is 4.98. The monoisotopic (exact) mass is 326 g/mol. The first-order chi connectivity index (χ1) is 11.6. The second kappa shape index (κ2) is 7.33. The highest BCUT2D eigenvalue weighted by Crippen LogP contribution is 2.24. The normalized spacial score (nSPS) is 17.6. The molecule has 3 rings (SSSR count). The van der Waals surface area contributed by atoms with E-state index in [9.17, 15) is 4.79 Å². The summed E-state index contributed by atoms with van der Waals surface area (Å²) in [5.74, 6) is 1.24. The average Bonchev–Trinajstić information content (AvgIpc) is 2.62. The lowest BCUT2D eigenvalue weighted by molar-refractivity contribution is 0.0666. The Bertz CT molecular complexity index is 690. The van der Waals surface area contributed by atoms with Crippen LogP contribution in [0.3, 0.4) is 0 Å². The molecule has 0 radical (unpaired) electrons. The van der Waals surface area contributed by atoms with Crippen LogP contribution in [0, 0.1) is 5.92 Å². The molecule has 1 amide bonds. The van der Waals surface area contributed by atoms with Gasteiger partial charge in [-0.15, -0.1) is 0 Å². The summed E-state index contributed by atoms with van der Waals surface area (Å²) in [6.45, 7) is 1.49. The molecule has 126 valence electrons. The van der Waals surface area contributed by atoms with Crippen LogP contribution in [0.15, 0.2) is 31.0 Å². The maximum Gasteiger partial charge on any atom is 0.274 e. The maximum atomic E-state index is 12.6. The molecule has 2 aromatic heterocycles. The number of likely N-dealkylation sites (tertiary alicyclic amines) is 1. The quantitative estimate of drug-likeness (QED) is 0.846. The molecule has 1 aliphatic heterocycles. The van der Waals surface area contributed by atoms with Gasteiger partial charge in [-0.1, -0.05) is 0 Å². The van der Waals surface area contributed by atoms with Gasteiger partial charge in [0, 0.05) is 52.0 Å². The van der Waals surface area contributed by atoms with Crippen molar-refractivity contribution in [3.8, 4) is 0 Å². The zero-order valence-corrected chi connectivity index (χ0v) is 14.1. The molecule has 1 atom stereocenters. The molecule has 0 bridgehead atoms. The smallest absolute Gasteiger partial charge is 0.274 e. The van der Waals surface area contributed by atoms with Crippen LogP contribution in [0.5, 0.6) is 0 Å². The first-order valence-electron chi connectivity index (χ1n) is 8.17. The summed E-state index contributed by atoms with van der Waals surface area (Å²) in [4.78, 5) is 33.4. The lowest BCUT2D eigenvalue weighted by Crippen LogP contribution is -2.41. The standard InChI is InChI=1S/C17H22N6O/c1-22(2)16-14(19-7-8-21-16)10-13-4-3-9-23(12-13)17(24)15-11-18-5-6-20-15/h5-8,11,13H,3-4,9-10,12H2,1-2H3/t13-/m0/s1. The summed E-state index contributed by atoms with van der Waals surface area (Å²) < 4.78 is 0. The van der Waals surface area contributed by atoms with E-state index >= 15 is 0 Å². The van der Waals surface area contributed by atoms with Crippen molar-refractivity contribution in [3.63, 3.8) is 0 Å². The molecule has 1 fully saturated rings. The molecule has 0 aromatic carbocycles. The number of hydrogen-bond donors (Lipinski definition) is 0. The van der Waals surface area contributed by atoms with Gasteiger partial charge >= 0.3 is 0 Å². The van der Waals surface area contributed by atoms with E-state index in [0.29, 0.717) is 11.6 Å². The molecule has 0 aliphatic carbocycles. The van der Waals surface area contributed by atoms with Gasteiger partial charge in [-0.3, -0.25) is 14.8 Å². The molecule has 0 N–H and O–H groups in total. The highest BCUT2D eigenvalue weighted by atomic mass is 16.2. The second-order valence-electron chi connectivity index (χ2n) is 6.28. The lowest BCUT2D eigenvalue weighted by atomic mass is 9.93. The van der Waals surface area contributed by atoms with Crippen LogP contribution in [0.2, 0.25) is 0 Å². The van der Waals surface area contributed by atoms with E-state index in [1.807, 2.05) is 23.9 Å². The van der Waals surface area contributed by atoms with Gasteiger partial charge in [-0.2, -0.15) is 0 Å². The van der Waals surface area contributed by atoms with Crippen molar-refractivity contribution in [2.75, 3.05) is 32.1 Å². The molecule has 0 saturated carbocycles. The van der Waals surface area contributed by atoms with Crippen molar-refractivity contribution in [2.24, 2.45) is 5.92 Å². The summed E-state index contributed by atoms with van der Waals surface area (Å²) >= 11 is 0. The van der Waals surface area contributed by atoms with E-state index in [1.54, 1.807) is 24.8 Å². The SMILES string of the molecule is CN(C)c1nccnc1C[C@@H]1CCCN(C(=O)c2cnccn2)C1. The molecule has 0 spiro atoms. The minimum atomic E-state index is -0.0419. The Hall–Kier alpha value is -2.57. The summed E-state index contributed by atoms with van der Waals surface area (Å²) in [6.07, 6.45) is 11.0. The number of nitrogens with zero attached hydrogens (tertiary/aromatic N) is 6. The van der Waals surface area contributed by atoms with Crippen molar-refractivity contribution in [1.82, 2.24) is 24.8 Å². The lowest BCUT2D eigenvalue weighted by Gasteiger charge is -2.32. The van der Waals surface area contributed by atoms with Crippen molar-refractivity contribution in [1.29, 1.82) is 0 Å². The zero-order chi connectivity index (χ0) is 16.9. The molecule has 1 saturated heterocycles. The van der Waals surface area contributed by atoms with Crippen LogP contribution < -0.4 is 4.90 Å². The Balaban J connectivity index is 1.69. The summed E-state index contributed by atoms with van der Waals surface area (Å²) in [7, 11) is 3.94. The van der Waals surface area contributed by atoms with E-state index in [0.717, 1.165) is 43.9 Å². The summed E-state index contributed by atoms with van der Waals surface area (Å²) in [5, 5.41) is 0. The Morgan fingerprint density at radius 3 is 2.75 bits per heavy atom. The van der Waals surface area contributed by atoms with Crippen molar-refractivity contribution in [2.45, 2.75) is 19.3 Å². The molecule has 7 nitrogen and oxygen atoms in total. The number of amides is 1. The zero-order valence-electron chi connectivity index (χ0n) is 14.1. The predicted octanol–water partition coefficient (Wildman–Crippen LogP) is 1.43. The minimum Gasteiger partial charge on any atom is -0.361 e. The maximum absolute atomic E-state index is 12.6. The van der Waals surface area contributed by atoms with E-state index in [1.165, 1.54) is 6.20 Å². The van der Waals surface area contributed by atoms with Gasteiger partial charge in [0.15, 0.2) is 0 Å². The fourth-order valence-electron chi connectivity index (χ4n) is 3.14. The highest BCUT2D eigenvalue weighted by molar-refractivity contribution is 5.92. The van der Waals surface area contributed by atoms with Crippen LogP contribution in [0.1, 0.15) is 29.0 Å². The third-order valence-corrected chi connectivity index (χ3v) is 4.25. The molecular weight excluding hydrogens is 304 g/mol. The number of carbonyl (C=O) groups excluding carboxylic acids is 1. The van der Waals surface area contributed by atoms with Crippen LogP contribution >= 0.6 is 0 Å². The van der Waals surface area contributed by atoms with Crippen molar-refractivity contribution < 1.29 is 4.79 Å². The number of rotatable bonds is 4. The first kappa shape index (κ1) is 16.3. The number of carbonyl (C=O) groups is 1. The molecule has 7 heteroatoms. The molecule has 3 heterocycles. The second-order valence-corrected chi connectivity index (χ2v) is 6.28. The number of aromatic nitrogens is 4. The van der Waals surface area contributed by atoms with Gasteiger partial charge in [0.05, 0.1) is 11.9 Å². The molecular formula is C17H22N6O. The van der Waals surface area contributed by atoms with Gasteiger partial charge in [0.1, 0.15) is 11.5 Å². The van der Waals surface area contributed by atoms with Gasteiger partial charge in [0.25, 0.3) is 5.91 Å². The van der Waals surface area contributed by atoms with Gasteiger partial charge < -0.3 is 9.80 Å². The number of piperidine rings is 1. The highest BCUT2D eigenvalue weighted by Gasteiger charge is 2.26. The van der Waals surface area contributed by atoms with E-state index in [4.69, 9.17) is 0 Å². The third-order valence-electron chi connectivity index (χ3n) is 4.25. The Morgan fingerprint density at radius 2 is 2.00 bits per heavy atom. The molecule has 0 unspecified atom stereocenters. The molecule has 24 heavy (non-hydrogen) atoms. The van der Waals surface area contributed by atoms with Crippen LogP contribution in [0.4, 0.5) is 5.82 Å². The van der Waals surface area contributed by atoms with Crippen LogP contribution in [-0.2, 0) is 6.42 Å². The number of hydrogen-bond acceptors (Lipinski definition) is 6. The van der Waals surface area contributed by atoms with E-state index < -0.39 is 0 Å². The fourth-order valence-corrected chi connectivity index (χ4v) is 3.14. The topological polar surface area (TPSA) is 75.1 Å². The molecule has 2 aromatic rings. The first-order valence-corrected chi connectivity index (χ1v) is 8.17. The van der Waals surface area contributed by atoms with Gasteiger partial charge in [-0.25, -0.2) is 9.97 Å². The average molecular weight is 326 g/mol. The van der Waals surface area contributed by atoms with E-state index in [2.05, 4.69) is 19.9 Å². The van der Waals surface area contributed by atoms with E-state index in [-0.39, 0.29) is 5.91 Å². The largest absolute Gasteiger partial charge is 0.361 e. The fraction of sp³-hybridized carbons (Fsp3) is 0.471. The number of anilines is 1. The predicted molar refractivity (Wildman–Crippen MR) is 90.7 cm³/mol. The summed E-state index contributed by atoms with van der Waals surface area (Å²) in [6, 6.07) is 0. The van der Waals surface area contributed by atoms with Crippen LogP contribution in [0.25, 0.3) is 0 Å². The Morgan fingerprint density at radius 1 is 1.21 bits per heavy atom. The van der Waals surface area contributed by atoms with Crippen LogP contribution in [-0.4, -0.2) is 57.9 Å². The van der Waals surface area contributed by atoms with Gasteiger partial charge in [-0.05, 0) is 25.2 Å². The molecule has 1 aliphatic rings. The Labute approximate surface area is 141 Å². The minimum absolute atomic E-state index is 0.0419.